The van der Waals surface area contributed by atoms with Crippen molar-refractivity contribution in [2.45, 2.75) is 25.3 Å². The Labute approximate surface area is 116 Å². The minimum absolute atomic E-state index is 0.422. The number of hydrogen-bond acceptors (Lipinski definition) is 4. The summed E-state index contributed by atoms with van der Waals surface area (Å²) in [5.41, 5.74) is 2.78. The SMILES string of the molecule is N#Cc1ccc(-c2csc([C@H]3CCCCN3)n2)cc1. The molecule has 4 heteroatoms. The van der Waals surface area contributed by atoms with E-state index >= 15 is 0 Å². The van der Waals surface area contributed by atoms with Crippen molar-refractivity contribution >= 4 is 11.3 Å². The Hall–Kier alpha value is -1.70. The molecular weight excluding hydrogens is 254 g/mol. The van der Waals surface area contributed by atoms with Crippen LogP contribution in [-0.2, 0) is 0 Å². The van der Waals surface area contributed by atoms with Gasteiger partial charge in [-0.05, 0) is 31.5 Å². The molecule has 0 saturated carbocycles. The summed E-state index contributed by atoms with van der Waals surface area (Å²) >= 11 is 1.72. The van der Waals surface area contributed by atoms with Crippen LogP contribution in [0.25, 0.3) is 11.3 Å². The monoisotopic (exact) mass is 269 g/mol. The molecule has 2 aromatic rings. The summed E-state index contributed by atoms with van der Waals surface area (Å²) in [6.45, 7) is 1.09. The molecule has 1 saturated heterocycles. The fourth-order valence-corrected chi connectivity index (χ4v) is 3.30. The largest absolute Gasteiger partial charge is 0.308 e. The van der Waals surface area contributed by atoms with Gasteiger partial charge in [0, 0.05) is 10.9 Å². The maximum atomic E-state index is 8.80. The first-order chi connectivity index (χ1) is 9.36. The summed E-state index contributed by atoms with van der Waals surface area (Å²) in [5, 5.41) is 15.6. The number of nitrogens with zero attached hydrogens (tertiary/aromatic N) is 2. The van der Waals surface area contributed by atoms with E-state index in [1.807, 2.05) is 24.3 Å². The van der Waals surface area contributed by atoms with E-state index in [0.29, 0.717) is 11.6 Å². The topological polar surface area (TPSA) is 48.7 Å². The number of rotatable bonds is 2. The zero-order chi connectivity index (χ0) is 13.1. The van der Waals surface area contributed by atoms with E-state index in [0.717, 1.165) is 17.8 Å². The number of nitriles is 1. The highest BCUT2D eigenvalue weighted by atomic mass is 32.1. The number of aromatic nitrogens is 1. The summed E-state index contributed by atoms with van der Waals surface area (Å²) in [7, 11) is 0. The molecule has 1 aliphatic heterocycles. The molecule has 1 atom stereocenters. The zero-order valence-electron chi connectivity index (χ0n) is 10.6. The molecule has 3 nitrogen and oxygen atoms in total. The van der Waals surface area contributed by atoms with Crippen molar-refractivity contribution in [2.75, 3.05) is 6.54 Å². The molecule has 1 fully saturated rings. The van der Waals surface area contributed by atoms with Gasteiger partial charge >= 0.3 is 0 Å². The van der Waals surface area contributed by atoms with Crippen molar-refractivity contribution in [3.8, 4) is 17.3 Å². The predicted molar refractivity (Wildman–Crippen MR) is 76.9 cm³/mol. The first-order valence-corrected chi connectivity index (χ1v) is 7.44. The molecule has 0 unspecified atom stereocenters. The van der Waals surface area contributed by atoms with Gasteiger partial charge in [-0.25, -0.2) is 4.98 Å². The molecule has 96 valence electrons. The van der Waals surface area contributed by atoms with Crippen LogP contribution in [0.1, 0.15) is 35.9 Å². The Bertz CT molecular complexity index is 589. The number of benzene rings is 1. The minimum atomic E-state index is 0.422. The van der Waals surface area contributed by atoms with Gasteiger partial charge in [-0.1, -0.05) is 18.6 Å². The lowest BCUT2D eigenvalue weighted by atomic mass is 10.1. The van der Waals surface area contributed by atoms with E-state index in [1.54, 1.807) is 11.3 Å². The van der Waals surface area contributed by atoms with Crippen LogP contribution >= 0.6 is 11.3 Å². The van der Waals surface area contributed by atoms with Gasteiger partial charge in [0.2, 0.25) is 0 Å². The molecule has 2 heterocycles. The second-order valence-corrected chi connectivity index (χ2v) is 5.65. The first-order valence-electron chi connectivity index (χ1n) is 6.56. The smallest absolute Gasteiger partial charge is 0.110 e. The van der Waals surface area contributed by atoms with Crippen molar-refractivity contribution in [1.29, 1.82) is 5.26 Å². The molecular formula is C15H15N3S. The molecule has 1 N–H and O–H groups in total. The predicted octanol–water partition coefficient (Wildman–Crippen LogP) is 3.50. The molecule has 1 aromatic heterocycles. The Morgan fingerprint density at radius 3 is 2.79 bits per heavy atom. The summed E-state index contributed by atoms with van der Waals surface area (Å²) in [5.74, 6) is 0. The molecule has 0 aliphatic carbocycles. The zero-order valence-corrected chi connectivity index (χ0v) is 11.4. The first kappa shape index (κ1) is 12.3. The van der Waals surface area contributed by atoms with Gasteiger partial charge in [0.05, 0.1) is 23.4 Å². The number of nitrogens with one attached hydrogen (secondary N) is 1. The number of thiazole rings is 1. The van der Waals surface area contributed by atoms with Crippen molar-refractivity contribution in [1.82, 2.24) is 10.3 Å². The Morgan fingerprint density at radius 1 is 1.26 bits per heavy atom. The summed E-state index contributed by atoms with van der Waals surface area (Å²) in [4.78, 5) is 4.73. The van der Waals surface area contributed by atoms with E-state index in [1.165, 1.54) is 24.3 Å². The number of hydrogen-bond donors (Lipinski definition) is 1. The van der Waals surface area contributed by atoms with Crippen LogP contribution in [0, 0.1) is 11.3 Å². The standard InChI is InChI=1S/C15H15N3S/c16-9-11-4-6-12(7-5-11)14-10-19-15(18-14)13-3-1-2-8-17-13/h4-7,10,13,17H,1-3,8H2/t13-/m1/s1. The molecule has 0 radical (unpaired) electrons. The fraction of sp³-hybridized carbons (Fsp3) is 0.333. The maximum Gasteiger partial charge on any atom is 0.110 e. The Morgan fingerprint density at radius 2 is 2.11 bits per heavy atom. The van der Waals surface area contributed by atoms with Crippen molar-refractivity contribution in [2.24, 2.45) is 0 Å². The molecule has 1 aromatic carbocycles. The van der Waals surface area contributed by atoms with Crippen LogP contribution in [0.3, 0.4) is 0 Å². The van der Waals surface area contributed by atoms with Gasteiger partial charge in [-0.3, -0.25) is 0 Å². The van der Waals surface area contributed by atoms with Gasteiger partial charge < -0.3 is 5.32 Å². The van der Waals surface area contributed by atoms with E-state index in [2.05, 4.69) is 16.8 Å². The van der Waals surface area contributed by atoms with E-state index in [9.17, 15) is 0 Å². The highest BCUT2D eigenvalue weighted by Gasteiger charge is 2.18. The van der Waals surface area contributed by atoms with Gasteiger partial charge in [-0.2, -0.15) is 5.26 Å². The highest BCUT2D eigenvalue weighted by molar-refractivity contribution is 7.10. The lowest BCUT2D eigenvalue weighted by Gasteiger charge is -2.21. The Kier molecular flexibility index (Phi) is 3.58. The highest BCUT2D eigenvalue weighted by Crippen LogP contribution is 2.29. The van der Waals surface area contributed by atoms with E-state index < -0.39 is 0 Å². The third-order valence-corrected chi connectivity index (χ3v) is 4.40. The third-order valence-electron chi connectivity index (χ3n) is 3.44. The Balaban J connectivity index is 1.81. The number of piperidine rings is 1. The lowest BCUT2D eigenvalue weighted by Crippen LogP contribution is -2.26. The maximum absolute atomic E-state index is 8.80. The van der Waals surface area contributed by atoms with Crippen molar-refractivity contribution < 1.29 is 0 Å². The molecule has 0 bridgehead atoms. The molecule has 0 spiro atoms. The molecule has 3 rings (SSSR count). The van der Waals surface area contributed by atoms with Gasteiger partial charge in [0.25, 0.3) is 0 Å². The van der Waals surface area contributed by atoms with Crippen LogP contribution < -0.4 is 5.32 Å². The van der Waals surface area contributed by atoms with Gasteiger partial charge in [-0.15, -0.1) is 11.3 Å². The van der Waals surface area contributed by atoms with Crippen molar-refractivity contribution in [3.63, 3.8) is 0 Å². The lowest BCUT2D eigenvalue weighted by molar-refractivity contribution is 0.411. The second kappa shape index (κ2) is 5.52. The van der Waals surface area contributed by atoms with Crippen LogP contribution in [0.4, 0.5) is 0 Å². The average molecular weight is 269 g/mol. The minimum Gasteiger partial charge on any atom is -0.308 e. The summed E-state index contributed by atoms with van der Waals surface area (Å²) in [6, 6.07) is 10.2. The van der Waals surface area contributed by atoms with Crippen LogP contribution in [0.2, 0.25) is 0 Å². The quantitative estimate of drug-likeness (QED) is 0.907. The third kappa shape index (κ3) is 2.67. The van der Waals surface area contributed by atoms with E-state index in [4.69, 9.17) is 10.2 Å². The van der Waals surface area contributed by atoms with Crippen LogP contribution in [0.15, 0.2) is 29.6 Å². The van der Waals surface area contributed by atoms with Crippen molar-refractivity contribution in [3.05, 3.63) is 40.2 Å². The molecule has 1 aliphatic rings. The van der Waals surface area contributed by atoms with Crippen LogP contribution in [-0.4, -0.2) is 11.5 Å². The van der Waals surface area contributed by atoms with Crippen LogP contribution in [0.5, 0.6) is 0 Å². The van der Waals surface area contributed by atoms with E-state index in [-0.39, 0.29) is 0 Å². The summed E-state index contributed by atoms with van der Waals surface area (Å²) < 4.78 is 0. The molecule has 19 heavy (non-hydrogen) atoms. The summed E-state index contributed by atoms with van der Waals surface area (Å²) in [6.07, 6.45) is 3.73. The fourth-order valence-electron chi connectivity index (χ4n) is 2.36. The normalized spacial score (nSPS) is 19.0. The van der Waals surface area contributed by atoms with Gasteiger partial charge in [0.1, 0.15) is 5.01 Å². The molecule has 0 amide bonds. The second-order valence-electron chi connectivity index (χ2n) is 4.76. The van der Waals surface area contributed by atoms with Gasteiger partial charge in [0.15, 0.2) is 0 Å². The average Bonchev–Trinajstić information content (AvgIpc) is 2.98.